The smallest absolute Gasteiger partial charge is 0.294 e. The van der Waals surface area contributed by atoms with Crippen LogP contribution in [0.1, 0.15) is 21.5 Å². The second kappa shape index (κ2) is 8.39. The van der Waals surface area contributed by atoms with Gasteiger partial charge in [-0.05, 0) is 41.8 Å². The summed E-state index contributed by atoms with van der Waals surface area (Å²) < 4.78 is 11.1. The lowest BCUT2D eigenvalue weighted by Crippen LogP contribution is -2.30. The Morgan fingerprint density at radius 3 is 2.62 bits per heavy atom. The summed E-state index contributed by atoms with van der Waals surface area (Å²) in [5, 5.41) is 24.3. The number of aliphatic hydroxyl groups excluding tert-OH is 1. The Balaban J connectivity index is 1.67. The van der Waals surface area contributed by atoms with E-state index in [1.807, 2.05) is 0 Å². The first-order valence-electron chi connectivity index (χ1n) is 9.90. The van der Waals surface area contributed by atoms with Crippen LogP contribution in [0.4, 0.5) is 5.69 Å². The van der Waals surface area contributed by atoms with Gasteiger partial charge in [-0.3, -0.25) is 14.5 Å². The summed E-state index contributed by atoms with van der Waals surface area (Å²) in [7, 11) is 1.45. The maximum Gasteiger partial charge on any atom is 0.294 e. The summed E-state index contributed by atoms with van der Waals surface area (Å²) in [6, 6.07) is 11.3. The number of halogens is 2. The van der Waals surface area contributed by atoms with Crippen LogP contribution in [0.2, 0.25) is 10.0 Å². The lowest BCUT2D eigenvalue weighted by molar-refractivity contribution is -0.117. The van der Waals surface area contributed by atoms with E-state index in [0.29, 0.717) is 26.6 Å². The summed E-state index contributed by atoms with van der Waals surface area (Å²) in [5.74, 6) is -2.29. The molecular weight excluding hydrogens is 501 g/mol. The Labute approximate surface area is 207 Å². The first kappa shape index (κ1) is 22.3. The first-order valence-corrected chi connectivity index (χ1v) is 11.5. The lowest BCUT2D eigenvalue weighted by Gasteiger charge is -2.26. The van der Waals surface area contributed by atoms with Crippen LogP contribution in [0.5, 0.6) is 11.5 Å². The minimum absolute atomic E-state index is 0.0586. The van der Waals surface area contributed by atoms with Crippen molar-refractivity contribution >= 4 is 62.9 Å². The predicted octanol–water partition coefficient (Wildman–Crippen LogP) is 6.30. The first-order chi connectivity index (χ1) is 16.3. The van der Waals surface area contributed by atoms with Crippen LogP contribution < -0.4 is 9.64 Å². The fraction of sp³-hybridized carbons (Fsp3) is 0.0833. The van der Waals surface area contributed by atoms with Gasteiger partial charge in [-0.25, -0.2) is 0 Å². The van der Waals surface area contributed by atoms with Crippen LogP contribution in [0, 0.1) is 0 Å². The van der Waals surface area contributed by atoms with E-state index in [9.17, 15) is 19.8 Å². The van der Waals surface area contributed by atoms with E-state index in [2.05, 4.69) is 0 Å². The summed E-state index contributed by atoms with van der Waals surface area (Å²) in [6.45, 7) is 0. The van der Waals surface area contributed by atoms with E-state index in [-0.39, 0.29) is 27.8 Å². The van der Waals surface area contributed by atoms with Crippen LogP contribution in [-0.2, 0) is 4.79 Å². The Hall–Kier alpha value is -3.46. The molecule has 1 aliphatic heterocycles. The molecule has 0 spiro atoms. The third-order valence-electron chi connectivity index (χ3n) is 5.45. The highest BCUT2D eigenvalue weighted by Crippen LogP contribution is 2.46. The van der Waals surface area contributed by atoms with Crippen molar-refractivity contribution in [1.82, 2.24) is 0 Å². The van der Waals surface area contributed by atoms with Gasteiger partial charge < -0.3 is 19.4 Å². The van der Waals surface area contributed by atoms with E-state index in [0.717, 1.165) is 4.90 Å². The van der Waals surface area contributed by atoms with E-state index in [1.54, 1.807) is 29.6 Å². The molecule has 10 heteroatoms. The van der Waals surface area contributed by atoms with Crippen molar-refractivity contribution in [3.8, 4) is 11.5 Å². The van der Waals surface area contributed by atoms with Crippen molar-refractivity contribution in [3.05, 3.63) is 85.9 Å². The molecule has 3 heterocycles. The zero-order chi connectivity index (χ0) is 24.1. The fourth-order valence-corrected chi connectivity index (χ4v) is 5.18. The molecule has 2 N–H and O–H groups in total. The number of thiophene rings is 1. The van der Waals surface area contributed by atoms with Crippen LogP contribution in [-0.4, -0.2) is 29.0 Å². The number of benzene rings is 2. The molecule has 1 unspecified atom stereocenters. The zero-order valence-corrected chi connectivity index (χ0v) is 19.7. The van der Waals surface area contributed by atoms with Crippen LogP contribution in [0.25, 0.3) is 11.0 Å². The van der Waals surface area contributed by atoms with Crippen LogP contribution >= 0.6 is 34.5 Å². The van der Waals surface area contributed by atoms with Gasteiger partial charge >= 0.3 is 0 Å². The van der Waals surface area contributed by atoms with E-state index in [1.165, 1.54) is 42.7 Å². The highest BCUT2D eigenvalue weighted by atomic mass is 35.5. The van der Waals surface area contributed by atoms with Gasteiger partial charge in [0.25, 0.3) is 5.91 Å². The number of rotatable bonds is 5. The van der Waals surface area contributed by atoms with Crippen molar-refractivity contribution in [1.29, 1.82) is 0 Å². The third-order valence-corrected chi connectivity index (χ3v) is 6.83. The number of nitrogens with zero attached hydrogens (tertiary/aromatic N) is 1. The standard InChI is InChI=1S/C24H15Cl2NO6S/c1-32-17-10-13(26)7-11-8-16(33-23(11)17)21(29)19-20(18-3-2-6-34-18)27(24(31)22(19)30)14-9-12(25)4-5-15(14)28/h2-10,20,28,30H,1H3. The molecule has 0 radical (unpaired) electrons. The number of ether oxygens (including phenoxy) is 1. The average molecular weight is 516 g/mol. The predicted molar refractivity (Wildman–Crippen MR) is 129 cm³/mol. The SMILES string of the molecule is COc1cc(Cl)cc2cc(C(=O)C3=C(O)C(=O)N(c4cc(Cl)ccc4O)C3c3cccs3)oc12. The molecule has 172 valence electrons. The van der Waals surface area contributed by atoms with Crippen molar-refractivity contribution in [3.63, 3.8) is 0 Å². The minimum atomic E-state index is -1.01. The fourth-order valence-electron chi connectivity index (χ4n) is 3.97. The molecule has 0 aliphatic carbocycles. The number of furan rings is 1. The van der Waals surface area contributed by atoms with E-state index >= 15 is 0 Å². The van der Waals surface area contributed by atoms with Gasteiger partial charge in [0.05, 0.1) is 18.4 Å². The normalized spacial score (nSPS) is 16.0. The van der Waals surface area contributed by atoms with Crippen molar-refractivity contribution in [2.75, 3.05) is 12.0 Å². The summed E-state index contributed by atoms with van der Waals surface area (Å²) >= 11 is 13.5. The Morgan fingerprint density at radius 2 is 1.91 bits per heavy atom. The molecule has 1 amide bonds. The Kier molecular flexibility index (Phi) is 5.51. The van der Waals surface area contributed by atoms with Crippen molar-refractivity contribution in [2.24, 2.45) is 0 Å². The van der Waals surface area contributed by atoms with Gasteiger partial charge in [0.1, 0.15) is 11.8 Å². The number of methoxy groups -OCH3 is 1. The molecule has 0 fully saturated rings. The number of carbonyl (C=O) groups is 2. The molecule has 1 atom stereocenters. The average Bonchev–Trinajstić information content (AvgIpc) is 3.54. The number of aliphatic hydroxyl groups is 1. The topological polar surface area (TPSA) is 100 Å². The third kappa shape index (κ3) is 3.51. The molecule has 2 aromatic heterocycles. The number of anilines is 1. The second-order valence-corrected chi connectivity index (χ2v) is 9.31. The molecule has 0 bridgehead atoms. The number of phenolic OH excluding ortho intramolecular Hbond substituents is 1. The monoisotopic (exact) mass is 515 g/mol. The molecule has 5 rings (SSSR count). The number of hydrogen-bond acceptors (Lipinski definition) is 7. The minimum Gasteiger partial charge on any atom is -0.506 e. The number of amides is 1. The van der Waals surface area contributed by atoms with Gasteiger partial charge in [0, 0.05) is 26.4 Å². The quantitative estimate of drug-likeness (QED) is 0.302. The molecule has 7 nitrogen and oxygen atoms in total. The molecule has 0 saturated carbocycles. The van der Waals surface area contributed by atoms with Crippen LogP contribution in [0.15, 0.2) is 69.7 Å². The maximum absolute atomic E-state index is 13.6. The van der Waals surface area contributed by atoms with Gasteiger partial charge in [-0.15, -0.1) is 11.3 Å². The number of fused-ring (bicyclic) bond motifs is 1. The molecular formula is C24H15Cl2NO6S. The van der Waals surface area contributed by atoms with Gasteiger partial charge in [0.15, 0.2) is 22.9 Å². The summed E-state index contributed by atoms with van der Waals surface area (Å²) in [6.07, 6.45) is 0. The van der Waals surface area contributed by atoms with Crippen molar-refractivity contribution in [2.45, 2.75) is 6.04 Å². The number of Topliss-reactive ketones (excluding diaryl/α,β-unsaturated/α-hetero) is 1. The second-order valence-electron chi connectivity index (χ2n) is 7.45. The highest BCUT2D eigenvalue weighted by Gasteiger charge is 2.46. The number of phenols is 1. The molecule has 34 heavy (non-hydrogen) atoms. The molecule has 4 aromatic rings. The summed E-state index contributed by atoms with van der Waals surface area (Å²) in [4.78, 5) is 28.6. The molecule has 0 saturated heterocycles. The van der Waals surface area contributed by atoms with Gasteiger partial charge in [-0.1, -0.05) is 29.3 Å². The number of aromatic hydroxyl groups is 1. The number of hydrogen-bond donors (Lipinski definition) is 2. The zero-order valence-electron chi connectivity index (χ0n) is 17.4. The van der Waals surface area contributed by atoms with Crippen LogP contribution in [0.3, 0.4) is 0 Å². The maximum atomic E-state index is 13.6. The van der Waals surface area contributed by atoms with Gasteiger partial charge in [-0.2, -0.15) is 0 Å². The Bertz CT molecular complexity index is 1490. The Morgan fingerprint density at radius 1 is 1.12 bits per heavy atom. The number of ketones is 1. The van der Waals surface area contributed by atoms with E-state index in [4.69, 9.17) is 32.4 Å². The van der Waals surface area contributed by atoms with E-state index < -0.39 is 23.5 Å². The number of carbonyl (C=O) groups excluding carboxylic acids is 2. The summed E-state index contributed by atoms with van der Waals surface area (Å²) in [5.41, 5.74) is 0.177. The molecule has 2 aromatic carbocycles. The largest absolute Gasteiger partial charge is 0.506 e. The van der Waals surface area contributed by atoms with Crippen molar-refractivity contribution < 1.29 is 29.0 Å². The van der Waals surface area contributed by atoms with Gasteiger partial charge in [0.2, 0.25) is 5.78 Å². The lowest BCUT2D eigenvalue weighted by atomic mass is 10.00. The molecule has 1 aliphatic rings. The highest BCUT2D eigenvalue weighted by molar-refractivity contribution is 7.10.